The van der Waals surface area contributed by atoms with Gasteiger partial charge in [-0.05, 0) is 50.4 Å². The number of thiazole rings is 1. The minimum absolute atomic E-state index is 0.00135. The summed E-state index contributed by atoms with van der Waals surface area (Å²) in [5.41, 5.74) is 5.89. The minimum atomic E-state index is -0.946. The molecule has 49 heavy (non-hydrogen) atoms. The van der Waals surface area contributed by atoms with Crippen LogP contribution in [0.15, 0.2) is 30.9 Å². The molecule has 2 aromatic carbocycles. The van der Waals surface area contributed by atoms with Gasteiger partial charge in [-0.1, -0.05) is 22.9 Å². The summed E-state index contributed by atoms with van der Waals surface area (Å²) in [6.07, 6.45) is 5.36. The quantitative estimate of drug-likeness (QED) is 0.257. The molecule has 5 aliphatic heterocycles. The van der Waals surface area contributed by atoms with Crippen molar-refractivity contribution >= 4 is 61.0 Å². The second-order valence-electron chi connectivity index (χ2n) is 13.3. The second kappa shape index (κ2) is 11.4. The monoisotopic (exact) mass is 710 g/mol. The average Bonchev–Trinajstić information content (AvgIpc) is 3.89. The standard InChI is InChI=1S/C32H30ClF3N10O2S/c33-21-8-20-25(24(36)23(21)19-4-5-22(35)27-26(19)40-29(37)49-27)41-30(48-13-32-6-1-7-43(32)10-16(34)9-32)42-28(20)44-11-18-3-2-17(44)12-45(18)31(47)46-15-38-14-39-46/h4-5,8,14-18H,1-3,6-7,9-13H2,(H2,37,40)/t16-,17?,18?,32+/m1/s1. The molecule has 5 saturated heterocycles. The molecule has 3 aromatic heterocycles. The van der Waals surface area contributed by atoms with Gasteiger partial charge in [-0.2, -0.15) is 19.7 Å². The highest BCUT2D eigenvalue weighted by atomic mass is 35.5. The highest BCUT2D eigenvalue weighted by molar-refractivity contribution is 7.22. The average molecular weight is 711 g/mol. The van der Waals surface area contributed by atoms with Gasteiger partial charge in [0.1, 0.15) is 42.6 Å². The molecular formula is C32H30ClF3N10O2S. The Morgan fingerprint density at radius 1 is 1.12 bits per heavy atom. The Bertz CT molecular complexity index is 2140. The summed E-state index contributed by atoms with van der Waals surface area (Å²) in [6.45, 7) is 2.13. The Hall–Kier alpha value is -4.28. The van der Waals surface area contributed by atoms with Crippen molar-refractivity contribution in [2.75, 3.05) is 43.4 Å². The summed E-state index contributed by atoms with van der Waals surface area (Å²) in [7, 11) is 0. The lowest BCUT2D eigenvalue weighted by molar-refractivity contribution is 0.106. The third-order valence-electron chi connectivity index (χ3n) is 10.5. The number of amides is 1. The van der Waals surface area contributed by atoms with Crippen molar-refractivity contribution in [3.8, 4) is 17.1 Å². The number of alkyl halides is 1. The lowest BCUT2D eigenvalue weighted by atomic mass is 9.90. The van der Waals surface area contributed by atoms with Crippen molar-refractivity contribution in [2.45, 2.75) is 55.9 Å². The zero-order valence-electron chi connectivity index (χ0n) is 26.0. The number of benzene rings is 2. The van der Waals surface area contributed by atoms with Crippen LogP contribution in [-0.4, -0.2) is 102 Å². The van der Waals surface area contributed by atoms with Crippen LogP contribution in [0.4, 0.5) is 28.9 Å². The van der Waals surface area contributed by atoms with E-state index in [9.17, 15) is 13.6 Å². The number of anilines is 2. The number of ether oxygens (including phenoxy) is 1. The van der Waals surface area contributed by atoms with Crippen LogP contribution >= 0.6 is 22.9 Å². The molecule has 12 nitrogen and oxygen atoms in total. The molecule has 0 saturated carbocycles. The summed E-state index contributed by atoms with van der Waals surface area (Å²) in [6, 6.07) is 3.66. The van der Waals surface area contributed by atoms with Crippen molar-refractivity contribution in [3.05, 3.63) is 47.5 Å². The molecule has 254 valence electrons. The van der Waals surface area contributed by atoms with Crippen LogP contribution in [0.1, 0.15) is 32.1 Å². The summed E-state index contributed by atoms with van der Waals surface area (Å²) < 4.78 is 53.9. The number of aromatic nitrogens is 6. The molecule has 5 fully saturated rings. The number of halogens is 4. The number of piperidine rings is 2. The van der Waals surface area contributed by atoms with E-state index in [4.69, 9.17) is 27.1 Å². The molecule has 0 spiro atoms. The van der Waals surface area contributed by atoms with E-state index in [-0.39, 0.29) is 67.7 Å². The molecule has 5 aromatic rings. The van der Waals surface area contributed by atoms with Crippen molar-refractivity contribution in [2.24, 2.45) is 0 Å². The van der Waals surface area contributed by atoms with Crippen LogP contribution in [0.5, 0.6) is 6.01 Å². The van der Waals surface area contributed by atoms with E-state index >= 15 is 4.39 Å². The zero-order valence-corrected chi connectivity index (χ0v) is 27.6. The van der Waals surface area contributed by atoms with E-state index in [0.717, 1.165) is 43.6 Å². The predicted molar refractivity (Wildman–Crippen MR) is 178 cm³/mol. The summed E-state index contributed by atoms with van der Waals surface area (Å²) in [4.78, 5) is 36.9. The molecule has 10 rings (SSSR count). The van der Waals surface area contributed by atoms with Gasteiger partial charge in [0.15, 0.2) is 10.9 Å². The lowest BCUT2D eigenvalue weighted by Crippen LogP contribution is -2.65. The maximum atomic E-state index is 17.0. The number of nitrogens with zero attached hydrogens (tertiary/aromatic N) is 9. The van der Waals surface area contributed by atoms with Crippen molar-refractivity contribution in [1.82, 2.24) is 39.5 Å². The fourth-order valence-corrected chi connectivity index (χ4v) is 9.35. The molecule has 2 N–H and O–H groups in total. The highest BCUT2D eigenvalue weighted by Crippen LogP contribution is 2.45. The molecule has 2 bridgehead atoms. The Morgan fingerprint density at radius 2 is 1.98 bits per heavy atom. The van der Waals surface area contributed by atoms with Gasteiger partial charge in [0, 0.05) is 48.6 Å². The molecule has 5 aliphatic rings. The van der Waals surface area contributed by atoms with Crippen LogP contribution in [-0.2, 0) is 0 Å². The number of piperazine rings is 1. The van der Waals surface area contributed by atoms with E-state index in [2.05, 4.69) is 29.9 Å². The molecule has 0 aliphatic carbocycles. The zero-order chi connectivity index (χ0) is 33.6. The number of nitrogen functional groups attached to an aromatic ring is 1. The number of carbonyl (C=O) groups excluding carboxylic acids is 1. The molecular weight excluding hydrogens is 681 g/mol. The van der Waals surface area contributed by atoms with E-state index in [1.165, 1.54) is 29.5 Å². The van der Waals surface area contributed by atoms with Crippen LogP contribution in [0.3, 0.4) is 0 Å². The van der Waals surface area contributed by atoms with E-state index in [1.54, 1.807) is 11.0 Å². The Morgan fingerprint density at radius 3 is 2.78 bits per heavy atom. The fourth-order valence-electron chi connectivity index (χ4n) is 8.29. The van der Waals surface area contributed by atoms with Crippen LogP contribution in [0.25, 0.3) is 32.2 Å². The topological polar surface area (TPSA) is 131 Å². The van der Waals surface area contributed by atoms with Crippen molar-refractivity contribution < 1.29 is 22.7 Å². The molecule has 1 amide bonds. The summed E-state index contributed by atoms with van der Waals surface area (Å²) >= 11 is 7.82. The number of hydrogen-bond acceptors (Lipinski definition) is 11. The van der Waals surface area contributed by atoms with Gasteiger partial charge in [0.05, 0.1) is 26.8 Å². The first-order chi connectivity index (χ1) is 23.7. The lowest BCUT2D eigenvalue weighted by Gasteiger charge is -2.51. The van der Waals surface area contributed by atoms with Gasteiger partial charge < -0.3 is 20.3 Å². The van der Waals surface area contributed by atoms with Gasteiger partial charge in [0.2, 0.25) is 0 Å². The number of hydrogen-bond donors (Lipinski definition) is 1. The van der Waals surface area contributed by atoms with Gasteiger partial charge in [0.25, 0.3) is 0 Å². The SMILES string of the molecule is Nc1nc2c(-c3c(Cl)cc4c(N5CC6CCC5CN6C(=O)n5cncn5)nc(OC[C@@]56CCCN5C[C@H](F)C6)nc4c3F)ccc(F)c2s1. The van der Waals surface area contributed by atoms with Gasteiger partial charge in [-0.3, -0.25) is 4.90 Å². The first kappa shape index (κ1) is 30.8. The minimum Gasteiger partial charge on any atom is -0.461 e. The summed E-state index contributed by atoms with van der Waals surface area (Å²) in [5.74, 6) is -0.844. The maximum Gasteiger partial charge on any atom is 0.346 e. The predicted octanol–water partition coefficient (Wildman–Crippen LogP) is 5.29. The Labute approximate surface area is 286 Å². The smallest absolute Gasteiger partial charge is 0.346 e. The Kier molecular flexibility index (Phi) is 7.14. The molecule has 0 radical (unpaired) electrons. The molecule has 17 heteroatoms. The van der Waals surface area contributed by atoms with Crippen molar-refractivity contribution in [1.29, 1.82) is 0 Å². The van der Waals surface area contributed by atoms with E-state index < -0.39 is 23.3 Å². The molecule has 4 atom stereocenters. The second-order valence-corrected chi connectivity index (χ2v) is 14.7. The van der Waals surface area contributed by atoms with Gasteiger partial charge in [-0.25, -0.2) is 27.9 Å². The van der Waals surface area contributed by atoms with Crippen LogP contribution < -0.4 is 15.4 Å². The van der Waals surface area contributed by atoms with Crippen LogP contribution in [0, 0.1) is 11.6 Å². The van der Waals surface area contributed by atoms with E-state index in [0.29, 0.717) is 37.3 Å². The Balaban J connectivity index is 1.15. The molecule has 8 heterocycles. The number of fused-ring (bicyclic) bond motifs is 6. The maximum absolute atomic E-state index is 17.0. The number of rotatable bonds is 5. The number of nitrogens with two attached hydrogens (primary N) is 1. The summed E-state index contributed by atoms with van der Waals surface area (Å²) in [5, 5.41) is 4.57. The highest BCUT2D eigenvalue weighted by Gasteiger charge is 2.49. The first-order valence-electron chi connectivity index (χ1n) is 16.2. The van der Waals surface area contributed by atoms with Gasteiger partial charge in [-0.15, -0.1) is 0 Å². The fraction of sp³-hybridized carbons (Fsp3) is 0.438. The number of carbonyl (C=O) groups is 1. The van der Waals surface area contributed by atoms with E-state index in [1.807, 2.05) is 0 Å². The third-order valence-corrected chi connectivity index (χ3v) is 11.7. The third kappa shape index (κ3) is 4.89. The van der Waals surface area contributed by atoms with Gasteiger partial charge >= 0.3 is 12.0 Å². The van der Waals surface area contributed by atoms with Crippen LogP contribution in [0.2, 0.25) is 5.02 Å². The molecule has 2 unspecified atom stereocenters. The van der Waals surface area contributed by atoms with Crippen molar-refractivity contribution in [3.63, 3.8) is 0 Å². The largest absolute Gasteiger partial charge is 0.461 e. The first-order valence-corrected chi connectivity index (χ1v) is 17.4. The normalized spacial score (nSPS) is 25.2.